The molecule has 0 bridgehead atoms. The number of hydrogen-bond acceptors (Lipinski definition) is 7. The number of hydrogen-bond donors (Lipinski definition) is 3. The third-order valence-corrected chi connectivity index (χ3v) is 4.64. The highest BCUT2D eigenvalue weighted by Gasteiger charge is 2.17. The molecule has 170 valence electrons. The van der Waals surface area contributed by atoms with Crippen molar-refractivity contribution >= 4 is 29.1 Å². The normalized spacial score (nSPS) is 11.5. The van der Waals surface area contributed by atoms with Crippen LogP contribution < -0.4 is 30.2 Å². The zero-order chi connectivity index (χ0) is 23.2. The van der Waals surface area contributed by atoms with Crippen molar-refractivity contribution in [2.24, 2.45) is 0 Å². The highest BCUT2D eigenvalue weighted by atomic mass is 16.7. The van der Waals surface area contributed by atoms with Gasteiger partial charge in [0, 0.05) is 17.4 Å². The van der Waals surface area contributed by atoms with Crippen LogP contribution in [-0.2, 0) is 16.1 Å². The molecular weight excluding hydrogens is 430 g/mol. The van der Waals surface area contributed by atoms with E-state index in [4.69, 9.17) is 14.2 Å². The number of nitrogens with zero attached hydrogens (tertiary/aromatic N) is 2. The minimum absolute atomic E-state index is 0.0389. The molecule has 0 fully saturated rings. The van der Waals surface area contributed by atoms with Gasteiger partial charge in [-0.3, -0.25) is 19.1 Å². The standard InChI is InChI=1S/C22H21N5O6/c1-31-17-5-3-15(4-6-17)25-21(29)12-27-11-16(9-24-27)26-20(28)10-23-22(30)14-2-7-18-19(8-14)33-13-32-18/h2-9,11H,10,12-13H2,1H3,(H,23,30)(H,25,29)(H,26,28). The van der Waals surface area contributed by atoms with E-state index in [2.05, 4.69) is 21.0 Å². The van der Waals surface area contributed by atoms with E-state index in [0.29, 0.717) is 34.2 Å². The average Bonchev–Trinajstić information content (AvgIpc) is 3.46. The van der Waals surface area contributed by atoms with Crippen LogP contribution in [0.2, 0.25) is 0 Å². The first-order valence-electron chi connectivity index (χ1n) is 9.94. The summed E-state index contributed by atoms with van der Waals surface area (Å²) in [4.78, 5) is 36.6. The van der Waals surface area contributed by atoms with E-state index < -0.39 is 11.8 Å². The number of fused-ring (bicyclic) bond motifs is 1. The molecule has 0 aliphatic carbocycles. The third kappa shape index (κ3) is 5.58. The number of rotatable bonds is 8. The quantitative estimate of drug-likeness (QED) is 0.474. The van der Waals surface area contributed by atoms with Gasteiger partial charge in [-0.15, -0.1) is 0 Å². The second-order valence-electron chi connectivity index (χ2n) is 7.00. The minimum Gasteiger partial charge on any atom is -0.497 e. The molecule has 11 heteroatoms. The van der Waals surface area contributed by atoms with Gasteiger partial charge in [-0.25, -0.2) is 0 Å². The fraction of sp³-hybridized carbons (Fsp3) is 0.182. The maximum absolute atomic E-state index is 12.3. The van der Waals surface area contributed by atoms with E-state index in [1.165, 1.54) is 17.1 Å². The zero-order valence-corrected chi connectivity index (χ0v) is 17.7. The predicted octanol–water partition coefficient (Wildman–Crippen LogP) is 1.63. The van der Waals surface area contributed by atoms with Crippen LogP contribution in [0.4, 0.5) is 11.4 Å². The summed E-state index contributed by atoms with van der Waals surface area (Å²) in [5.74, 6) is 0.597. The highest BCUT2D eigenvalue weighted by Crippen LogP contribution is 2.32. The first-order valence-corrected chi connectivity index (χ1v) is 9.94. The molecule has 11 nitrogen and oxygen atoms in total. The van der Waals surface area contributed by atoms with E-state index in [1.54, 1.807) is 49.6 Å². The first-order chi connectivity index (χ1) is 16.0. The van der Waals surface area contributed by atoms with Crippen LogP contribution in [0, 0.1) is 0 Å². The molecule has 3 N–H and O–H groups in total. The summed E-state index contributed by atoms with van der Waals surface area (Å²) in [6, 6.07) is 11.7. The van der Waals surface area contributed by atoms with Gasteiger partial charge in [0.05, 0.1) is 25.5 Å². The Morgan fingerprint density at radius 1 is 1.00 bits per heavy atom. The Balaban J connectivity index is 1.23. The maximum atomic E-state index is 12.3. The van der Waals surface area contributed by atoms with Crippen molar-refractivity contribution in [3.63, 3.8) is 0 Å². The Morgan fingerprint density at radius 3 is 2.55 bits per heavy atom. The number of aromatic nitrogens is 2. The van der Waals surface area contributed by atoms with Gasteiger partial charge in [0.15, 0.2) is 11.5 Å². The van der Waals surface area contributed by atoms with E-state index >= 15 is 0 Å². The lowest BCUT2D eigenvalue weighted by Crippen LogP contribution is -2.32. The average molecular weight is 451 g/mol. The summed E-state index contributed by atoms with van der Waals surface area (Å²) in [5, 5.41) is 12.0. The van der Waals surface area contributed by atoms with Crippen molar-refractivity contribution in [3.8, 4) is 17.2 Å². The van der Waals surface area contributed by atoms with E-state index in [0.717, 1.165) is 0 Å². The number of ether oxygens (including phenoxy) is 3. The van der Waals surface area contributed by atoms with Crippen LogP contribution in [0.3, 0.4) is 0 Å². The molecule has 0 saturated heterocycles. The van der Waals surface area contributed by atoms with E-state index in [1.807, 2.05) is 0 Å². The summed E-state index contributed by atoms with van der Waals surface area (Å²) in [6.45, 7) is -0.168. The Hall–Kier alpha value is -4.54. The van der Waals surface area contributed by atoms with Gasteiger partial charge in [-0.1, -0.05) is 0 Å². The van der Waals surface area contributed by atoms with Gasteiger partial charge in [-0.2, -0.15) is 5.10 Å². The van der Waals surface area contributed by atoms with Crippen molar-refractivity contribution in [2.75, 3.05) is 31.1 Å². The maximum Gasteiger partial charge on any atom is 0.251 e. The Bertz CT molecular complexity index is 1170. The van der Waals surface area contributed by atoms with Crippen LogP contribution in [-0.4, -0.2) is 47.9 Å². The number of nitrogens with one attached hydrogen (secondary N) is 3. The number of carbonyl (C=O) groups excluding carboxylic acids is 3. The second kappa shape index (κ2) is 9.73. The van der Waals surface area contributed by atoms with Crippen LogP contribution >= 0.6 is 0 Å². The van der Waals surface area contributed by atoms with Crippen LogP contribution in [0.5, 0.6) is 17.2 Å². The smallest absolute Gasteiger partial charge is 0.251 e. The minimum atomic E-state index is -0.439. The Labute approximate surface area is 188 Å². The fourth-order valence-electron chi connectivity index (χ4n) is 3.04. The number of anilines is 2. The van der Waals surface area contributed by atoms with Crippen molar-refractivity contribution in [2.45, 2.75) is 6.54 Å². The predicted molar refractivity (Wildman–Crippen MR) is 117 cm³/mol. The van der Waals surface area contributed by atoms with Crippen molar-refractivity contribution in [1.29, 1.82) is 0 Å². The monoisotopic (exact) mass is 451 g/mol. The molecule has 33 heavy (non-hydrogen) atoms. The van der Waals surface area contributed by atoms with Gasteiger partial charge in [-0.05, 0) is 42.5 Å². The van der Waals surface area contributed by atoms with Gasteiger partial charge in [0.1, 0.15) is 12.3 Å². The van der Waals surface area contributed by atoms with Crippen molar-refractivity contribution in [3.05, 3.63) is 60.4 Å². The van der Waals surface area contributed by atoms with Gasteiger partial charge >= 0.3 is 0 Å². The lowest BCUT2D eigenvalue weighted by atomic mass is 10.2. The SMILES string of the molecule is COc1ccc(NC(=O)Cn2cc(NC(=O)CNC(=O)c3ccc4c(c3)OCO4)cn2)cc1. The largest absolute Gasteiger partial charge is 0.497 e. The highest BCUT2D eigenvalue weighted by molar-refractivity contribution is 5.99. The van der Waals surface area contributed by atoms with E-state index in [-0.39, 0.29) is 25.8 Å². The Kier molecular flexibility index (Phi) is 6.39. The number of methoxy groups -OCH3 is 1. The lowest BCUT2D eigenvalue weighted by Gasteiger charge is -2.07. The molecule has 1 aliphatic rings. The van der Waals surface area contributed by atoms with Crippen LogP contribution in [0.15, 0.2) is 54.9 Å². The molecule has 0 unspecified atom stereocenters. The van der Waals surface area contributed by atoms with Crippen molar-refractivity contribution < 1.29 is 28.6 Å². The molecule has 0 radical (unpaired) electrons. The summed E-state index contributed by atoms with van der Waals surface area (Å²) in [5.41, 5.74) is 1.37. The van der Waals surface area contributed by atoms with E-state index in [9.17, 15) is 14.4 Å². The molecule has 3 aromatic rings. The summed E-state index contributed by atoms with van der Waals surface area (Å²) in [7, 11) is 1.56. The number of amides is 3. The van der Waals surface area contributed by atoms with Gasteiger partial charge < -0.3 is 30.2 Å². The van der Waals surface area contributed by atoms with Crippen LogP contribution in [0.25, 0.3) is 0 Å². The summed E-state index contributed by atoms with van der Waals surface area (Å²) < 4.78 is 16.9. The number of benzene rings is 2. The lowest BCUT2D eigenvalue weighted by molar-refractivity contribution is -0.117. The molecule has 2 heterocycles. The molecule has 1 aliphatic heterocycles. The third-order valence-electron chi connectivity index (χ3n) is 4.64. The summed E-state index contributed by atoms with van der Waals surface area (Å²) in [6.07, 6.45) is 2.93. The molecule has 4 rings (SSSR count). The van der Waals surface area contributed by atoms with Crippen LogP contribution in [0.1, 0.15) is 10.4 Å². The fourth-order valence-corrected chi connectivity index (χ4v) is 3.04. The molecule has 0 atom stereocenters. The zero-order valence-electron chi connectivity index (χ0n) is 17.7. The molecule has 3 amide bonds. The van der Waals surface area contributed by atoms with Gasteiger partial charge in [0.25, 0.3) is 5.91 Å². The summed E-state index contributed by atoms with van der Waals surface area (Å²) >= 11 is 0. The van der Waals surface area contributed by atoms with Crippen molar-refractivity contribution in [1.82, 2.24) is 15.1 Å². The molecule has 2 aromatic carbocycles. The topological polar surface area (TPSA) is 133 Å². The molecule has 1 aromatic heterocycles. The van der Waals surface area contributed by atoms with Gasteiger partial charge in [0.2, 0.25) is 18.6 Å². The molecule has 0 saturated carbocycles. The Morgan fingerprint density at radius 2 is 1.76 bits per heavy atom. The second-order valence-corrected chi connectivity index (χ2v) is 7.00. The molecular formula is C22H21N5O6. The molecule has 0 spiro atoms. The first kappa shape index (κ1) is 21.7. The number of carbonyl (C=O) groups is 3.